The fourth-order valence-corrected chi connectivity index (χ4v) is 1.86. The van der Waals surface area contributed by atoms with Gasteiger partial charge in [-0.25, -0.2) is 0 Å². The van der Waals surface area contributed by atoms with Gasteiger partial charge in [0.15, 0.2) is 0 Å². The van der Waals surface area contributed by atoms with E-state index in [1.54, 1.807) is 0 Å². The van der Waals surface area contributed by atoms with Gasteiger partial charge in [0.1, 0.15) is 0 Å². The van der Waals surface area contributed by atoms with Gasteiger partial charge in [0, 0.05) is 13.6 Å². The minimum Gasteiger partial charge on any atom is -0.397 e. The Morgan fingerprint density at radius 3 is 2.53 bits per heavy atom. The van der Waals surface area contributed by atoms with Crippen molar-refractivity contribution >= 4 is 11.4 Å². The van der Waals surface area contributed by atoms with Crippen LogP contribution in [0.4, 0.5) is 11.4 Å². The topological polar surface area (TPSA) is 29.3 Å². The third-order valence-corrected chi connectivity index (χ3v) is 2.71. The fourth-order valence-electron chi connectivity index (χ4n) is 1.86. The molecule has 2 nitrogen and oxygen atoms in total. The average molecular weight is 206 g/mol. The van der Waals surface area contributed by atoms with Gasteiger partial charge in [0.25, 0.3) is 0 Å². The summed E-state index contributed by atoms with van der Waals surface area (Å²) in [6.45, 7) is 7.58. The SMILES string of the molecule is CCCN(C)c1cccc(C(C)C)c1N. The van der Waals surface area contributed by atoms with Crippen LogP contribution in [0.1, 0.15) is 38.7 Å². The van der Waals surface area contributed by atoms with Crippen LogP contribution in [0.3, 0.4) is 0 Å². The normalized spacial score (nSPS) is 10.7. The number of para-hydroxylation sites is 1. The molecule has 0 saturated carbocycles. The first-order valence-electron chi connectivity index (χ1n) is 5.67. The van der Waals surface area contributed by atoms with Crippen molar-refractivity contribution in [2.24, 2.45) is 0 Å². The number of hydrogen-bond donors (Lipinski definition) is 1. The van der Waals surface area contributed by atoms with Gasteiger partial charge in [-0.05, 0) is 24.0 Å². The Balaban J connectivity index is 3.03. The molecule has 0 radical (unpaired) electrons. The molecule has 0 atom stereocenters. The van der Waals surface area contributed by atoms with E-state index in [0.717, 1.165) is 24.3 Å². The minimum atomic E-state index is 0.486. The third-order valence-electron chi connectivity index (χ3n) is 2.71. The highest BCUT2D eigenvalue weighted by atomic mass is 15.1. The zero-order chi connectivity index (χ0) is 11.4. The van der Waals surface area contributed by atoms with Crippen LogP contribution in [0.15, 0.2) is 18.2 Å². The zero-order valence-corrected chi connectivity index (χ0v) is 10.2. The van der Waals surface area contributed by atoms with Gasteiger partial charge in [0.2, 0.25) is 0 Å². The van der Waals surface area contributed by atoms with Crippen molar-refractivity contribution in [1.82, 2.24) is 0 Å². The lowest BCUT2D eigenvalue weighted by atomic mass is 10.00. The van der Waals surface area contributed by atoms with E-state index in [4.69, 9.17) is 5.73 Å². The highest BCUT2D eigenvalue weighted by Crippen LogP contribution is 2.30. The lowest BCUT2D eigenvalue weighted by molar-refractivity contribution is 0.843. The average Bonchev–Trinajstić information content (AvgIpc) is 2.17. The van der Waals surface area contributed by atoms with Gasteiger partial charge in [-0.15, -0.1) is 0 Å². The van der Waals surface area contributed by atoms with Crippen molar-refractivity contribution in [1.29, 1.82) is 0 Å². The first-order chi connectivity index (χ1) is 7.07. The Morgan fingerprint density at radius 2 is 2.00 bits per heavy atom. The first kappa shape index (κ1) is 11.9. The summed E-state index contributed by atoms with van der Waals surface area (Å²) in [4.78, 5) is 2.22. The molecule has 0 aliphatic rings. The van der Waals surface area contributed by atoms with E-state index in [1.165, 1.54) is 5.56 Å². The lowest BCUT2D eigenvalue weighted by Gasteiger charge is -2.22. The van der Waals surface area contributed by atoms with Crippen molar-refractivity contribution in [3.05, 3.63) is 23.8 Å². The van der Waals surface area contributed by atoms with Gasteiger partial charge in [-0.1, -0.05) is 32.9 Å². The van der Waals surface area contributed by atoms with Crippen LogP contribution < -0.4 is 10.6 Å². The zero-order valence-electron chi connectivity index (χ0n) is 10.2. The number of benzene rings is 1. The molecule has 0 heterocycles. The molecular formula is C13H22N2. The highest BCUT2D eigenvalue weighted by Gasteiger charge is 2.10. The maximum absolute atomic E-state index is 6.17. The number of nitrogens with zero attached hydrogens (tertiary/aromatic N) is 1. The van der Waals surface area contributed by atoms with Crippen LogP contribution in [0.5, 0.6) is 0 Å². The van der Waals surface area contributed by atoms with E-state index < -0.39 is 0 Å². The molecule has 1 aromatic rings. The molecule has 0 aliphatic heterocycles. The Morgan fingerprint density at radius 1 is 1.33 bits per heavy atom. The van der Waals surface area contributed by atoms with Crippen molar-refractivity contribution in [2.75, 3.05) is 24.2 Å². The number of nitrogen functional groups attached to an aromatic ring is 1. The van der Waals surface area contributed by atoms with Crippen LogP contribution in [0.2, 0.25) is 0 Å². The van der Waals surface area contributed by atoms with E-state index in [1.807, 2.05) is 0 Å². The second-order valence-electron chi connectivity index (χ2n) is 4.36. The summed E-state index contributed by atoms with van der Waals surface area (Å²) < 4.78 is 0. The monoisotopic (exact) mass is 206 g/mol. The third kappa shape index (κ3) is 2.65. The number of rotatable bonds is 4. The van der Waals surface area contributed by atoms with Crippen molar-refractivity contribution in [3.63, 3.8) is 0 Å². The molecule has 0 bridgehead atoms. The molecule has 0 unspecified atom stereocenters. The molecule has 2 heteroatoms. The number of nitrogens with two attached hydrogens (primary N) is 1. The van der Waals surface area contributed by atoms with E-state index in [9.17, 15) is 0 Å². The molecule has 2 N–H and O–H groups in total. The summed E-state index contributed by atoms with van der Waals surface area (Å²) in [7, 11) is 2.10. The molecule has 84 valence electrons. The van der Waals surface area contributed by atoms with Gasteiger partial charge >= 0.3 is 0 Å². The molecule has 0 aromatic heterocycles. The minimum absolute atomic E-state index is 0.486. The van der Waals surface area contributed by atoms with Gasteiger partial charge in [-0.3, -0.25) is 0 Å². The van der Waals surface area contributed by atoms with E-state index in [-0.39, 0.29) is 0 Å². The fraction of sp³-hybridized carbons (Fsp3) is 0.538. The van der Waals surface area contributed by atoms with Crippen molar-refractivity contribution in [2.45, 2.75) is 33.1 Å². The maximum Gasteiger partial charge on any atom is 0.0600 e. The Kier molecular flexibility index (Phi) is 4.01. The van der Waals surface area contributed by atoms with Gasteiger partial charge < -0.3 is 10.6 Å². The quantitative estimate of drug-likeness (QED) is 0.766. The smallest absolute Gasteiger partial charge is 0.0600 e. The number of hydrogen-bond acceptors (Lipinski definition) is 2. The summed E-state index contributed by atoms with van der Waals surface area (Å²) in [6.07, 6.45) is 1.14. The van der Waals surface area contributed by atoms with Crippen LogP contribution in [0, 0.1) is 0 Å². The second-order valence-corrected chi connectivity index (χ2v) is 4.36. The molecule has 0 saturated heterocycles. The summed E-state index contributed by atoms with van der Waals surface area (Å²) in [5.74, 6) is 0.486. The standard InChI is InChI=1S/C13H22N2/c1-5-9-15(4)12-8-6-7-11(10(2)3)13(12)14/h6-8,10H,5,9,14H2,1-4H3. The van der Waals surface area contributed by atoms with Crippen LogP contribution >= 0.6 is 0 Å². The molecule has 15 heavy (non-hydrogen) atoms. The van der Waals surface area contributed by atoms with E-state index >= 15 is 0 Å². The summed E-state index contributed by atoms with van der Waals surface area (Å²) in [5, 5.41) is 0. The molecule has 0 fully saturated rings. The van der Waals surface area contributed by atoms with Crippen LogP contribution in [0.25, 0.3) is 0 Å². The molecule has 0 amide bonds. The second kappa shape index (κ2) is 5.06. The van der Waals surface area contributed by atoms with E-state index in [0.29, 0.717) is 5.92 Å². The maximum atomic E-state index is 6.17. The predicted molar refractivity (Wildman–Crippen MR) is 68.5 cm³/mol. The Bertz CT molecular complexity index is 318. The molecule has 1 aromatic carbocycles. The van der Waals surface area contributed by atoms with Gasteiger partial charge in [0.05, 0.1) is 11.4 Å². The molecular weight excluding hydrogens is 184 g/mol. The Hall–Kier alpha value is -1.18. The van der Waals surface area contributed by atoms with Crippen molar-refractivity contribution < 1.29 is 0 Å². The largest absolute Gasteiger partial charge is 0.397 e. The number of anilines is 2. The summed E-state index contributed by atoms with van der Waals surface area (Å²) in [5.41, 5.74) is 9.51. The van der Waals surface area contributed by atoms with Crippen LogP contribution in [-0.4, -0.2) is 13.6 Å². The molecule has 0 aliphatic carbocycles. The predicted octanol–water partition coefficient (Wildman–Crippen LogP) is 3.24. The Labute approximate surface area is 93.1 Å². The highest BCUT2D eigenvalue weighted by molar-refractivity contribution is 5.71. The lowest BCUT2D eigenvalue weighted by Crippen LogP contribution is -2.19. The molecule has 1 rings (SSSR count). The van der Waals surface area contributed by atoms with Crippen molar-refractivity contribution in [3.8, 4) is 0 Å². The van der Waals surface area contributed by atoms with Crippen LogP contribution in [-0.2, 0) is 0 Å². The first-order valence-corrected chi connectivity index (χ1v) is 5.67. The molecule has 0 spiro atoms. The summed E-state index contributed by atoms with van der Waals surface area (Å²) >= 11 is 0. The van der Waals surface area contributed by atoms with E-state index in [2.05, 4.69) is 50.9 Å². The van der Waals surface area contributed by atoms with Gasteiger partial charge in [-0.2, -0.15) is 0 Å². The summed E-state index contributed by atoms with van der Waals surface area (Å²) in [6, 6.07) is 6.30.